The minimum absolute atomic E-state index is 0.187. The molecule has 0 saturated heterocycles. The first-order valence-corrected chi connectivity index (χ1v) is 10.3. The first-order valence-electron chi connectivity index (χ1n) is 9.93. The molecule has 1 aliphatic rings. The Bertz CT molecular complexity index is 965. The van der Waals surface area contributed by atoms with E-state index in [0.29, 0.717) is 28.6 Å². The third-order valence-electron chi connectivity index (χ3n) is 5.00. The molecule has 2 atom stereocenters. The zero-order valence-corrected chi connectivity index (χ0v) is 18.6. The normalized spacial score (nSPS) is 19.3. The van der Waals surface area contributed by atoms with Crippen molar-refractivity contribution in [2.75, 3.05) is 17.3 Å². The van der Waals surface area contributed by atoms with E-state index in [-0.39, 0.29) is 29.7 Å². The maximum atomic E-state index is 13.5. The predicted molar refractivity (Wildman–Crippen MR) is 118 cm³/mol. The molecule has 7 nitrogen and oxygen atoms in total. The molecule has 2 aromatic rings. The number of hydrogen-bond acceptors (Lipinski definition) is 5. The van der Waals surface area contributed by atoms with Gasteiger partial charge in [-0.25, -0.2) is 0 Å². The number of nitrogens with zero attached hydrogens (tertiary/aromatic N) is 2. The van der Waals surface area contributed by atoms with Gasteiger partial charge in [-0.2, -0.15) is 4.98 Å². The SMILES string of the molecule is CN[C@@H](C)C(=O)Nc1ccc2c(n1)O[C@@](C)(CC(C)C)C(=O)N2c1cccc(Cl)c1. The maximum absolute atomic E-state index is 13.5. The van der Waals surface area contributed by atoms with Crippen LogP contribution in [0.5, 0.6) is 5.88 Å². The number of aromatic nitrogens is 1. The molecule has 1 aromatic heterocycles. The highest BCUT2D eigenvalue weighted by Gasteiger charge is 2.46. The average molecular weight is 431 g/mol. The molecule has 3 rings (SSSR count). The minimum atomic E-state index is -1.10. The number of pyridine rings is 1. The summed E-state index contributed by atoms with van der Waals surface area (Å²) in [4.78, 5) is 31.8. The van der Waals surface area contributed by atoms with Crippen LogP contribution in [0.4, 0.5) is 17.2 Å². The summed E-state index contributed by atoms with van der Waals surface area (Å²) in [7, 11) is 1.71. The van der Waals surface area contributed by atoms with E-state index < -0.39 is 5.60 Å². The van der Waals surface area contributed by atoms with Crippen LogP contribution in [0, 0.1) is 5.92 Å². The summed E-state index contributed by atoms with van der Waals surface area (Å²) in [6, 6.07) is 10.1. The van der Waals surface area contributed by atoms with Crippen LogP contribution in [0.2, 0.25) is 5.02 Å². The Hall–Kier alpha value is -2.64. The van der Waals surface area contributed by atoms with Gasteiger partial charge in [0.1, 0.15) is 11.5 Å². The average Bonchev–Trinajstić information content (AvgIpc) is 2.67. The van der Waals surface area contributed by atoms with Crippen LogP contribution < -0.4 is 20.3 Å². The van der Waals surface area contributed by atoms with Crippen molar-refractivity contribution in [1.82, 2.24) is 10.3 Å². The second-order valence-corrected chi connectivity index (χ2v) is 8.51. The lowest BCUT2D eigenvalue weighted by Gasteiger charge is -2.40. The molecule has 0 bridgehead atoms. The van der Waals surface area contributed by atoms with Gasteiger partial charge >= 0.3 is 0 Å². The Morgan fingerprint density at radius 3 is 2.63 bits per heavy atom. The summed E-state index contributed by atoms with van der Waals surface area (Å²) in [6.45, 7) is 7.59. The fourth-order valence-electron chi connectivity index (χ4n) is 3.50. The molecule has 8 heteroatoms. The molecule has 0 saturated carbocycles. The zero-order valence-electron chi connectivity index (χ0n) is 17.8. The molecule has 160 valence electrons. The third-order valence-corrected chi connectivity index (χ3v) is 5.24. The molecule has 1 aliphatic heterocycles. The molecule has 2 N–H and O–H groups in total. The van der Waals surface area contributed by atoms with Crippen molar-refractivity contribution >= 4 is 40.6 Å². The third kappa shape index (κ3) is 4.42. The largest absolute Gasteiger partial charge is 0.460 e. The van der Waals surface area contributed by atoms with E-state index in [1.165, 1.54) is 0 Å². The van der Waals surface area contributed by atoms with Crippen LogP contribution >= 0.6 is 11.6 Å². The van der Waals surface area contributed by atoms with E-state index in [1.54, 1.807) is 56.1 Å². The van der Waals surface area contributed by atoms with Crippen molar-refractivity contribution in [3.63, 3.8) is 0 Å². The van der Waals surface area contributed by atoms with Gasteiger partial charge in [0.25, 0.3) is 5.91 Å². The first-order chi connectivity index (χ1) is 14.1. The lowest BCUT2D eigenvalue weighted by Crippen LogP contribution is -2.53. The van der Waals surface area contributed by atoms with Crippen LogP contribution in [0.15, 0.2) is 36.4 Å². The van der Waals surface area contributed by atoms with Crippen molar-refractivity contribution in [2.45, 2.75) is 45.8 Å². The number of carbonyl (C=O) groups is 2. The number of halogens is 1. The molecule has 0 aliphatic carbocycles. The number of likely N-dealkylation sites (N-methyl/N-ethyl adjacent to an activating group) is 1. The summed E-state index contributed by atoms with van der Waals surface area (Å²) in [6.07, 6.45) is 0.511. The lowest BCUT2D eigenvalue weighted by atomic mass is 9.91. The highest BCUT2D eigenvalue weighted by atomic mass is 35.5. The van der Waals surface area contributed by atoms with E-state index in [2.05, 4.69) is 15.6 Å². The number of benzene rings is 1. The van der Waals surface area contributed by atoms with Crippen LogP contribution in [0.1, 0.15) is 34.1 Å². The maximum Gasteiger partial charge on any atom is 0.275 e. The summed E-state index contributed by atoms with van der Waals surface area (Å²) >= 11 is 6.18. The minimum Gasteiger partial charge on any atom is -0.460 e. The Kier molecular flexibility index (Phi) is 6.33. The first kappa shape index (κ1) is 22.1. The molecule has 2 heterocycles. The number of carbonyl (C=O) groups excluding carboxylic acids is 2. The Morgan fingerprint density at radius 2 is 2.00 bits per heavy atom. The van der Waals surface area contributed by atoms with Gasteiger partial charge < -0.3 is 15.4 Å². The smallest absolute Gasteiger partial charge is 0.275 e. The van der Waals surface area contributed by atoms with Crippen molar-refractivity contribution in [3.05, 3.63) is 41.4 Å². The Balaban J connectivity index is 2.06. The van der Waals surface area contributed by atoms with Gasteiger partial charge in [-0.3, -0.25) is 14.5 Å². The quantitative estimate of drug-likeness (QED) is 0.719. The molecule has 0 unspecified atom stereocenters. The number of nitrogens with one attached hydrogen (secondary N) is 2. The fraction of sp³-hybridized carbons (Fsp3) is 0.409. The van der Waals surface area contributed by atoms with E-state index in [9.17, 15) is 9.59 Å². The van der Waals surface area contributed by atoms with E-state index >= 15 is 0 Å². The molecule has 0 fully saturated rings. The van der Waals surface area contributed by atoms with Crippen LogP contribution in [-0.4, -0.2) is 35.5 Å². The molecule has 0 radical (unpaired) electrons. The second kappa shape index (κ2) is 8.62. The van der Waals surface area contributed by atoms with E-state index in [4.69, 9.17) is 16.3 Å². The van der Waals surface area contributed by atoms with Crippen LogP contribution in [-0.2, 0) is 9.59 Å². The second-order valence-electron chi connectivity index (χ2n) is 8.07. The van der Waals surface area contributed by atoms with Gasteiger partial charge in [-0.05, 0) is 63.6 Å². The standard InChI is InChI=1S/C22H27ClN4O3/c1-13(2)12-22(4)21(29)27(16-8-6-7-15(23)11-16)17-9-10-18(26-20(17)30-22)25-19(28)14(3)24-5/h6-11,13-14,24H,12H2,1-5H3,(H,25,26,28)/t14-,22-/m0/s1. The van der Waals surface area contributed by atoms with Gasteiger partial charge in [0, 0.05) is 5.02 Å². The monoisotopic (exact) mass is 430 g/mol. The number of ether oxygens (including phenoxy) is 1. The molecule has 0 spiro atoms. The number of rotatable bonds is 6. The van der Waals surface area contributed by atoms with E-state index in [1.807, 2.05) is 19.9 Å². The summed E-state index contributed by atoms with van der Waals surface area (Å²) < 4.78 is 6.13. The van der Waals surface area contributed by atoms with Crippen molar-refractivity contribution < 1.29 is 14.3 Å². The predicted octanol–water partition coefficient (Wildman–Crippen LogP) is 4.14. The van der Waals surface area contributed by atoms with Crippen LogP contribution in [0.25, 0.3) is 0 Å². The Labute approximate surface area is 181 Å². The molecular weight excluding hydrogens is 404 g/mol. The van der Waals surface area contributed by atoms with Crippen molar-refractivity contribution in [2.24, 2.45) is 5.92 Å². The van der Waals surface area contributed by atoms with Gasteiger partial charge in [0.2, 0.25) is 11.8 Å². The summed E-state index contributed by atoms with van der Waals surface area (Å²) in [5, 5.41) is 6.18. The van der Waals surface area contributed by atoms with E-state index in [0.717, 1.165) is 0 Å². The highest BCUT2D eigenvalue weighted by molar-refractivity contribution is 6.31. The molecule has 30 heavy (non-hydrogen) atoms. The summed E-state index contributed by atoms with van der Waals surface area (Å²) in [5.41, 5.74) is 0.0368. The van der Waals surface area contributed by atoms with Gasteiger partial charge in [-0.15, -0.1) is 0 Å². The molecular formula is C22H27ClN4O3. The van der Waals surface area contributed by atoms with Crippen molar-refractivity contribution in [3.8, 4) is 5.88 Å². The van der Waals surface area contributed by atoms with Crippen LogP contribution in [0.3, 0.4) is 0 Å². The lowest BCUT2D eigenvalue weighted by molar-refractivity contribution is -0.134. The highest BCUT2D eigenvalue weighted by Crippen LogP contribution is 2.43. The van der Waals surface area contributed by atoms with Gasteiger partial charge in [-0.1, -0.05) is 31.5 Å². The number of hydrogen-bond donors (Lipinski definition) is 2. The number of fused-ring (bicyclic) bond motifs is 1. The van der Waals surface area contributed by atoms with Crippen molar-refractivity contribution in [1.29, 1.82) is 0 Å². The van der Waals surface area contributed by atoms with Gasteiger partial charge in [0.05, 0.1) is 11.7 Å². The molecule has 2 amide bonds. The summed E-state index contributed by atoms with van der Waals surface area (Å²) in [5.74, 6) is 0.462. The van der Waals surface area contributed by atoms with Gasteiger partial charge in [0.15, 0.2) is 5.60 Å². The molecule has 1 aromatic carbocycles. The zero-order chi connectivity index (χ0) is 22.1. The number of amides is 2. The number of anilines is 3. The topological polar surface area (TPSA) is 83.6 Å². The fourth-order valence-corrected chi connectivity index (χ4v) is 3.68. The Morgan fingerprint density at radius 1 is 1.27 bits per heavy atom.